The van der Waals surface area contributed by atoms with Crippen LogP contribution in [0.15, 0.2) is 115 Å². The van der Waals surface area contributed by atoms with E-state index in [0.29, 0.717) is 22.3 Å². The van der Waals surface area contributed by atoms with Gasteiger partial charge < -0.3 is 10.2 Å². The summed E-state index contributed by atoms with van der Waals surface area (Å²) >= 11 is 0. The third-order valence-corrected chi connectivity index (χ3v) is 7.76. The fourth-order valence-corrected chi connectivity index (χ4v) is 5.66. The number of carbonyl (C=O) groups excluding carboxylic acids is 2. The molecule has 0 saturated carbocycles. The van der Waals surface area contributed by atoms with Crippen molar-refractivity contribution in [2.45, 2.75) is 53.8 Å². The Hall–Kier alpha value is -4.21. The molecule has 0 aromatic heterocycles. The summed E-state index contributed by atoms with van der Waals surface area (Å²) in [4.78, 5) is 24.9. The number of benzene rings is 5. The molecule has 5 aromatic rings. The molecule has 5 rings (SSSR count). The zero-order chi connectivity index (χ0) is 33.1. The summed E-state index contributed by atoms with van der Waals surface area (Å²) in [5, 5.41) is 21.7. The quantitative estimate of drug-likeness (QED) is 0.149. The van der Waals surface area contributed by atoms with Crippen LogP contribution in [0, 0.1) is 41.5 Å². The molecule has 0 saturated heterocycles. The van der Waals surface area contributed by atoms with Crippen LogP contribution in [0.25, 0.3) is 0 Å². The lowest BCUT2D eigenvalue weighted by molar-refractivity contribution is 0.0742. The van der Waals surface area contributed by atoms with Crippen LogP contribution in [0.4, 0.5) is 0 Å². The van der Waals surface area contributed by atoms with E-state index in [1.165, 1.54) is 5.30 Å². The molecule has 0 heterocycles. The van der Waals surface area contributed by atoms with Crippen molar-refractivity contribution in [3.8, 4) is 0 Å². The largest absolute Gasteiger partial charge is 0.380 e. The summed E-state index contributed by atoms with van der Waals surface area (Å²) in [7, 11) is 2.63. The summed E-state index contributed by atoms with van der Waals surface area (Å²) in [6.07, 6.45) is -2.19. The predicted octanol–water partition coefficient (Wildman–Crippen LogP) is 8.24. The van der Waals surface area contributed by atoms with Crippen LogP contribution in [0.5, 0.6) is 0 Å². The van der Waals surface area contributed by atoms with Crippen LogP contribution in [-0.4, -0.2) is 21.8 Å². The van der Waals surface area contributed by atoms with Gasteiger partial charge in [-0.25, -0.2) is 0 Å². The number of ketones is 2. The van der Waals surface area contributed by atoms with Gasteiger partial charge in [-0.3, -0.25) is 9.59 Å². The van der Waals surface area contributed by atoms with Gasteiger partial charge in [-0.15, -0.1) is 9.24 Å². The number of rotatable bonds is 6. The van der Waals surface area contributed by atoms with E-state index in [0.717, 1.165) is 33.4 Å². The molecule has 3 unspecified atom stereocenters. The molecule has 45 heavy (non-hydrogen) atoms. The van der Waals surface area contributed by atoms with Gasteiger partial charge in [-0.1, -0.05) is 126 Å². The Labute approximate surface area is 270 Å². The molecule has 0 radical (unpaired) electrons. The molecule has 5 aromatic carbocycles. The molecule has 3 atom stereocenters. The van der Waals surface area contributed by atoms with Crippen LogP contribution in [0.3, 0.4) is 0 Å². The maximum absolute atomic E-state index is 12.4. The molecular formula is C40H43O4P. The summed E-state index contributed by atoms with van der Waals surface area (Å²) in [6.45, 7) is 11.6. The summed E-state index contributed by atoms with van der Waals surface area (Å²) in [5.41, 5.74) is 8.43. The van der Waals surface area contributed by atoms with E-state index in [4.69, 9.17) is 0 Å². The number of carbonyl (C=O) groups is 2. The van der Waals surface area contributed by atoms with Gasteiger partial charge in [0, 0.05) is 11.1 Å². The van der Waals surface area contributed by atoms with E-state index < -0.39 is 12.2 Å². The molecule has 2 N–H and O–H groups in total. The molecule has 0 spiro atoms. The Kier molecular flexibility index (Phi) is 13.1. The minimum absolute atomic E-state index is 0.235. The lowest BCUT2D eigenvalue weighted by Gasteiger charge is -2.14. The first-order valence-corrected chi connectivity index (χ1v) is 15.5. The molecule has 232 valence electrons. The van der Waals surface area contributed by atoms with Gasteiger partial charge in [0.15, 0.2) is 11.6 Å². The minimum atomic E-state index is -1.10. The lowest BCUT2D eigenvalue weighted by Crippen LogP contribution is -2.15. The van der Waals surface area contributed by atoms with E-state index in [1.54, 1.807) is 24.3 Å². The SMILES string of the molecule is Cc1cc(C)c(C(=O)C(O)c2ccccc2)c(C)c1.Cc1cc(C)c(C(=O)C(O)c2ccccc2)c(C)c1.Pc1ccccc1. The predicted molar refractivity (Wildman–Crippen MR) is 189 cm³/mol. The first-order chi connectivity index (χ1) is 21.4. The molecule has 0 fully saturated rings. The van der Waals surface area contributed by atoms with Gasteiger partial charge in [0.05, 0.1) is 0 Å². The van der Waals surface area contributed by atoms with Gasteiger partial charge in [0.2, 0.25) is 0 Å². The second-order valence-corrected chi connectivity index (χ2v) is 12.0. The van der Waals surface area contributed by atoms with Crippen molar-refractivity contribution in [3.63, 3.8) is 0 Å². The van der Waals surface area contributed by atoms with Crippen molar-refractivity contribution in [2.75, 3.05) is 0 Å². The molecular weight excluding hydrogens is 575 g/mol. The first-order valence-electron chi connectivity index (χ1n) is 14.9. The maximum Gasteiger partial charge on any atom is 0.196 e. The van der Waals surface area contributed by atoms with Crippen molar-refractivity contribution in [1.29, 1.82) is 0 Å². The molecule has 0 aliphatic rings. The lowest BCUT2D eigenvalue weighted by atomic mass is 9.92. The number of hydrogen-bond acceptors (Lipinski definition) is 4. The van der Waals surface area contributed by atoms with Crippen LogP contribution < -0.4 is 5.30 Å². The number of aliphatic hydroxyl groups excluding tert-OH is 2. The van der Waals surface area contributed by atoms with Gasteiger partial charge in [-0.05, 0) is 80.2 Å². The van der Waals surface area contributed by atoms with Crippen molar-refractivity contribution >= 4 is 26.1 Å². The Morgan fingerprint density at radius 1 is 0.489 bits per heavy atom. The Balaban J connectivity index is 0.000000202. The van der Waals surface area contributed by atoms with Crippen molar-refractivity contribution in [2.24, 2.45) is 0 Å². The molecule has 0 aliphatic heterocycles. The van der Waals surface area contributed by atoms with Crippen LogP contribution in [0.2, 0.25) is 0 Å². The molecule has 4 nitrogen and oxygen atoms in total. The third kappa shape index (κ3) is 9.89. The van der Waals surface area contributed by atoms with Crippen molar-refractivity contribution in [3.05, 3.63) is 171 Å². The summed E-state index contributed by atoms with van der Waals surface area (Å²) < 4.78 is 0. The van der Waals surface area contributed by atoms with E-state index in [9.17, 15) is 19.8 Å². The summed E-state index contributed by atoms with van der Waals surface area (Å²) in [5.74, 6) is -0.470. The first kappa shape index (κ1) is 35.3. The molecule has 0 aliphatic carbocycles. The molecule has 0 amide bonds. The van der Waals surface area contributed by atoms with Crippen LogP contribution >= 0.6 is 9.24 Å². The molecule has 5 heteroatoms. The van der Waals surface area contributed by atoms with Gasteiger partial charge >= 0.3 is 0 Å². The third-order valence-electron chi connectivity index (χ3n) is 7.37. The van der Waals surface area contributed by atoms with E-state index >= 15 is 0 Å². The highest BCUT2D eigenvalue weighted by Crippen LogP contribution is 2.25. The fraction of sp³-hybridized carbons (Fsp3) is 0.200. The Bertz CT molecular complexity index is 1560. The van der Waals surface area contributed by atoms with E-state index in [-0.39, 0.29) is 11.6 Å². The minimum Gasteiger partial charge on any atom is -0.380 e. The van der Waals surface area contributed by atoms with Crippen molar-refractivity contribution < 1.29 is 19.8 Å². The monoisotopic (exact) mass is 618 g/mol. The van der Waals surface area contributed by atoms with Gasteiger partial charge in [0.25, 0.3) is 0 Å². The number of aliphatic hydroxyl groups is 2. The fourth-order valence-electron chi connectivity index (χ4n) is 5.44. The van der Waals surface area contributed by atoms with Gasteiger partial charge in [0.1, 0.15) is 12.2 Å². The average Bonchev–Trinajstić information content (AvgIpc) is 3.01. The Morgan fingerprint density at radius 3 is 1.00 bits per heavy atom. The van der Waals surface area contributed by atoms with E-state index in [1.807, 2.05) is 133 Å². The standard InChI is InChI=1S/2C17H18O2.C6H7P/c2*1-11-9-12(2)15(13(3)10-11)17(19)16(18)14-7-5-4-6-8-14;7-6-4-2-1-3-5-6/h2*4-10,16,18H,1-3H3;1-5H,7H2. The highest BCUT2D eigenvalue weighted by atomic mass is 31.0. The number of Topliss-reactive ketones (excluding diaryl/α,β-unsaturated/α-hetero) is 2. The molecule has 0 bridgehead atoms. The van der Waals surface area contributed by atoms with E-state index in [2.05, 4.69) is 9.24 Å². The summed E-state index contributed by atoms with van der Waals surface area (Å²) in [6, 6.07) is 36.1. The number of aryl methyl sites for hydroxylation is 6. The maximum atomic E-state index is 12.4. The Morgan fingerprint density at radius 2 is 0.756 bits per heavy atom. The van der Waals surface area contributed by atoms with Crippen LogP contribution in [0.1, 0.15) is 77.4 Å². The van der Waals surface area contributed by atoms with Crippen molar-refractivity contribution in [1.82, 2.24) is 0 Å². The van der Waals surface area contributed by atoms with Gasteiger partial charge in [-0.2, -0.15) is 0 Å². The zero-order valence-corrected chi connectivity index (χ0v) is 28.1. The highest BCUT2D eigenvalue weighted by Gasteiger charge is 2.23. The zero-order valence-electron chi connectivity index (χ0n) is 26.9. The normalized spacial score (nSPS) is 11.7. The van der Waals surface area contributed by atoms with Crippen LogP contribution in [-0.2, 0) is 0 Å². The second-order valence-electron chi connectivity index (χ2n) is 11.3. The smallest absolute Gasteiger partial charge is 0.196 e. The highest BCUT2D eigenvalue weighted by molar-refractivity contribution is 7.27. The number of hydrogen-bond donors (Lipinski definition) is 2. The second kappa shape index (κ2) is 16.7. The topological polar surface area (TPSA) is 74.6 Å². The average molecular weight is 619 g/mol.